The Morgan fingerprint density at radius 2 is 1.83 bits per heavy atom. The molecule has 8 heteroatoms. The highest BCUT2D eigenvalue weighted by Crippen LogP contribution is 2.24. The molecule has 1 atom stereocenters. The number of nitrogens with zero attached hydrogens (tertiary/aromatic N) is 1. The molecule has 0 saturated heterocycles. The van der Waals surface area contributed by atoms with Crippen LogP contribution in [0.3, 0.4) is 0 Å². The number of nitro benzene ring substituents is 1. The molecule has 29 heavy (non-hydrogen) atoms. The number of unbranched alkanes of at least 4 members (excludes halogenated alkanes) is 2. The summed E-state index contributed by atoms with van der Waals surface area (Å²) < 4.78 is 0. The van der Waals surface area contributed by atoms with Gasteiger partial charge in [0.2, 0.25) is 0 Å². The van der Waals surface area contributed by atoms with Crippen LogP contribution in [-0.4, -0.2) is 22.8 Å². The zero-order valence-corrected chi connectivity index (χ0v) is 17.2. The molecule has 0 aliphatic rings. The second kappa shape index (κ2) is 10.6. The van der Waals surface area contributed by atoms with E-state index < -0.39 is 10.8 Å². The first-order chi connectivity index (χ1) is 13.8. The molecule has 2 amide bonds. The van der Waals surface area contributed by atoms with Gasteiger partial charge < -0.3 is 10.6 Å². The Balaban J connectivity index is 2.13. The number of amides is 2. The molecule has 1 unspecified atom stereocenters. The van der Waals surface area contributed by atoms with Crippen LogP contribution in [-0.2, 0) is 0 Å². The predicted octanol–water partition coefficient (Wildman–Crippen LogP) is 5.20. The lowest BCUT2D eigenvalue weighted by molar-refractivity contribution is -0.384. The summed E-state index contributed by atoms with van der Waals surface area (Å²) >= 11 is 6.02. The Kier molecular flexibility index (Phi) is 8.15. The van der Waals surface area contributed by atoms with E-state index in [1.54, 1.807) is 24.3 Å². The van der Waals surface area contributed by atoms with Crippen molar-refractivity contribution in [2.45, 2.75) is 45.6 Å². The third-order valence-electron chi connectivity index (χ3n) is 4.45. The standard InChI is InChI=1S/C21H24ClN3O4/c1-3-4-5-8-14(2)23-21(27)17-9-6-7-10-19(17)24-20(26)16-12-11-15(25(28)29)13-18(16)22/h6-7,9-14H,3-5,8H2,1-2H3,(H,23,27)(H,24,26). The summed E-state index contributed by atoms with van der Waals surface area (Å²) in [5, 5.41) is 16.4. The van der Waals surface area contributed by atoms with Crippen LogP contribution in [0.25, 0.3) is 0 Å². The topological polar surface area (TPSA) is 101 Å². The van der Waals surface area contributed by atoms with Gasteiger partial charge in [-0.2, -0.15) is 0 Å². The highest BCUT2D eigenvalue weighted by Gasteiger charge is 2.18. The van der Waals surface area contributed by atoms with Crippen molar-refractivity contribution < 1.29 is 14.5 Å². The molecule has 0 aliphatic carbocycles. The molecule has 0 saturated carbocycles. The SMILES string of the molecule is CCCCCC(C)NC(=O)c1ccccc1NC(=O)c1ccc([N+](=O)[O-])cc1Cl. The number of nitro groups is 1. The van der Waals surface area contributed by atoms with Gasteiger partial charge in [0.1, 0.15) is 0 Å². The minimum atomic E-state index is -0.588. The summed E-state index contributed by atoms with van der Waals surface area (Å²) in [5.41, 5.74) is 0.551. The number of hydrogen-bond donors (Lipinski definition) is 2. The monoisotopic (exact) mass is 417 g/mol. The largest absolute Gasteiger partial charge is 0.350 e. The molecule has 0 fully saturated rings. The normalized spacial score (nSPS) is 11.6. The lowest BCUT2D eigenvalue weighted by Crippen LogP contribution is -2.33. The van der Waals surface area contributed by atoms with Crippen molar-refractivity contribution >= 4 is 34.8 Å². The van der Waals surface area contributed by atoms with Crippen molar-refractivity contribution in [1.82, 2.24) is 5.32 Å². The minimum Gasteiger partial charge on any atom is -0.350 e. The maximum atomic E-state index is 12.6. The van der Waals surface area contributed by atoms with Crippen LogP contribution >= 0.6 is 11.6 Å². The maximum Gasteiger partial charge on any atom is 0.270 e. The second-order valence-electron chi connectivity index (χ2n) is 6.79. The summed E-state index contributed by atoms with van der Waals surface area (Å²) in [6, 6.07) is 10.3. The summed E-state index contributed by atoms with van der Waals surface area (Å²) in [7, 11) is 0. The van der Waals surface area contributed by atoms with Crippen LogP contribution in [0.4, 0.5) is 11.4 Å². The lowest BCUT2D eigenvalue weighted by atomic mass is 10.1. The number of rotatable bonds is 9. The van der Waals surface area contributed by atoms with E-state index in [9.17, 15) is 19.7 Å². The molecule has 0 aliphatic heterocycles. The van der Waals surface area contributed by atoms with Crippen LogP contribution < -0.4 is 10.6 Å². The van der Waals surface area contributed by atoms with Crippen molar-refractivity contribution in [1.29, 1.82) is 0 Å². The first kappa shape index (κ1) is 22.4. The van der Waals surface area contributed by atoms with E-state index in [0.717, 1.165) is 31.7 Å². The molecule has 2 aromatic rings. The van der Waals surface area contributed by atoms with Crippen LogP contribution in [0, 0.1) is 10.1 Å². The van der Waals surface area contributed by atoms with Gasteiger partial charge in [0.25, 0.3) is 17.5 Å². The Hall–Kier alpha value is -2.93. The number of nitrogens with one attached hydrogen (secondary N) is 2. The highest BCUT2D eigenvalue weighted by molar-refractivity contribution is 6.34. The fraction of sp³-hybridized carbons (Fsp3) is 0.333. The number of anilines is 1. The molecule has 0 spiro atoms. The summed E-state index contributed by atoms with van der Waals surface area (Å²) in [5.74, 6) is -0.833. The van der Waals surface area contributed by atoms with E-state index in [1.165, 1.54) is 12.1 Å². The Labute approximate surface area is 174 Å². The van der Waals surface area contributed by atoms with E-state index in [4.69, 9.17) is 11.6 Å². The molecule has 0 aromatic heterocycles. The van der Waals surface area contributed by atoms with E-state index in [0.29, 0.717) is 11.3 Å². The van der Waals surface area contributed by atoms with Gasteiger partial charge in [0.15, 0.2) is 0 Å². The third-order valence-corrected chi connectivity index (χ3v) is 4.76. The molecule has 2 aromatic carbocycles. The van der Waals surface area contributed by atoms with Crippen LogP contribution in [0.15, 0.2) is 42.5 Å². The zero-order chi connectivity index (χ0) is 21.4. The Bertz CT molecular complexity index is 901. The van der Waals surface area contributed by atoms with Crippen LogP contribution in [0.2, 0.25) is 5.02 Å². The van der Waals surface area contributed by atoms with Gasteiger partial charge in [-0.05, 0) is 31.5 Å². The molecule has 0 heterocycles. The second-order valence-corrected chi connectivity index (χ2v) is 7.20. The van der Waals surface area contributed by atoms with Crippen LogP contribution in [0.5, 0.6) is 0 Å². The smallest absolute Gasteiger partial charge is 0.270 e. The Morgan fingerprint density at radius 1 is 1.10 bits per heavy atom. The number of carbonyl (C=O) groups is 2. The Morgan fingerprint density at radius 3 is 2.48 bits per heavy atom. The number of hydrogen-bond acceptors (Lipinski definition) is 4. The fourth-order valence-electron chi connectivity index (χ4n) is 2.86. The number of benzene rings is 2. The van der Waals surface area contributed by atoms with Gasteiger partial charge in [-0.25, -0.2) is 0 Å². The van der Waals surface area contributed by atoms with Crippen molar-refractivity contribution in [3.63, 3.8) is 0 Å². The van der Waals surface area contributed by atoms with E-state index in [1.807, 2.05) is 6.92 Å². The van der Waals surface area contributed by atoms with Crippen molar-refractivity contribution in [2.24, 2.45) is 0 Å². The van der Waals surface area contributed by atoms with Gasteiger partial charge in [-0.1, -0.05) is 49.9 Å². The summed E-state index contributed by atoms with van der Waals surface area (Å²) in [6.45, 7) is 4.07. The van der Waals surface area contributed by atoms with Gasteiger partial charge >= 0.3 is 0 Å². The van der Waals surface area contributed by atoms with Gasteiger partial charge in [-0.15, -0.1) is 0 Å². The van der Waals surface area contributed by atoms with Gasteiger partial charge in [-0.3, -0.25) is 19.7 Å². The zero-order valence-electron chi connectivity index (χ0n) is 16.4. The molecule has 7 nitrogen and oxygen atoms in total. The summed E-state index contributed by atoms with van der Waals surface area (Å²) in [4.78, 5) is 35.5. The highest BCUT2D eigenvalue weighted by atomic mass is 35.5. The van der Waals surface area contributed by atoms with Crippen LogP contribution in [0.1, 0.15) is 60.2 Å². The quantitative estimate of drug-likeness (QED) is 0.332. The number of non-ortho nitro benzene ring substituents is 1. The molecular weight excluding hydrogens is 394 g/mol. The third kappa shape index (κ3) is 6.29. The molecule has 2 rings (SSSR count). The predicted molar refractivity (Wildman–Crippen MR) is 114 cm³/mol. The van der Waals surface area contributed by atoms with Gasteiger partial charge in [0.05, 0.1) is 26.8 Å². The molecular formula is C21H24ClN3O4. The van der Waals surface area contributed by atoms with Crippen molar-refractivity contribution in [2.75, 3.05) is 5.32 Å². The average Bonchev–Trinajstić information content (AvgIpc) is 2.68. The van der Waals surface area contributed by atoms with Crippen molar-refractivity contribution in [3.8, 4) is 0 Å². The van der Waals surface area contributed by atoms with E-state index >= 15 is 0 Å². The summed E-state index contributed by atoms with van der Waals surface area (Å²) in [6.07, 6.45) is 4.14. The van der Waals surface area contributed by atoms with Crippen molar-refractivity contribution in [3.05, 3.63) is 68.7 Å². The fourth-order valence-corrected chi connectivity index (χ4v) is 3.12. The first-order valence-electron chi connectivity index (χ1n) is 9.48. The number of halogens is 1. The number of para-hydroxylation sites is 1. The molecule has 0 radical (unpaired) electrons. The lowest BCUT2D eigenvalue weighted by Gasteiger charge is -2.16. The first-order valence-corrected chi connectivity index (χ1v) is 9.86. The average molecular weight is 418 g/mol. The number of carbonyl (C=O) groups excluding carboxylic acids is 2. The van der Waals surface area contributed by atoms with E-state index in [2.05, 4.69) is 17.6 Å². The van der Waals surface area contributed by atoms with E-state index in [-0.39, 0.29) is 28.2 Å². The van der Waals surface area contributed by atoms with Gasteiger partial charge in [0, 0.05) is 18.2 Å². The minimum absolute atomic E-state index is 0.0157. The maximum absolute atomic E-state index is 12.6. The molecule has 0 bridgehead atoms. The molecule has 2 N–H and O–H groups in total. The molecule has 154 valence electrons.